The Balaban J connectivity index is 2.29. The first-order valence-corrected chi connectivity index (χ1v) is 5.48. The number of rotatable bonds is 3. The van der Waals surface area contributed by atoms with Crippen LogP contribution >= 0.6 is 0 Å². The molecule has 2 rings (SSSR count). The Bertz CT molecular complexity index is 512. The van der Waals surface area contributed by atoms with Gasteiger partial charge in [0.15, 0.2) is 0 Å². The van der Waals surface area contributed by atoms with Crippen LogP contribution in [0.5, 0.6) is 0 Å². The van der Waals surface area contributed by atoms with Crippen LogP contribution in [0.4, 0.5) is 5.88 Å². The molecule has 0 aliphatic rings. The second-order valence-corrected chi connectivity index (χ2v) is 4.80. The highest BCUT2D eigenvalue weighted by Gasteiger charge is 2.14. The summed E-state index contributed by atoms with van der Waals surface area (Å²) < 4.78 is 4.84. The predicted molar refractivity (Wildman–Crippen MR) is 66.4 cm³/mol. The largest absolute Gasteiger partial charge is 0.390 e. The summed E-state index contributed by atoms with van der Waals surface area (Å²) in [6.45, 7) is 3.57. The molecule has 0 saturated heterocycles. The van der Waals surface area contributed by atoms with Gasteiger partial charge in [-0.15, -0.1) is 0 Å². The van der Waals surface area contributed by atoms with E-state index in [-0.39, 0.29) is 0 Å². The van der Waals surface area contributed by atoms with E-state index >= 15 is 0 Å². The fraction of sp³-hybridized carbons (Fsp3) is 0.308. The zero-order valence-corrected chi connectivity index (χ0v) is 9.97. The third-order valence-electron chi connectivity index (χ3n) is 2.39. The molecule has 0 amide bonds. The van der Waals surface area contributed by atoms with Gasteiger partial charge in [-0.2, -0.15) is 0 Å². The SMILES string of the molecule is CC(C)(O)Cc1cccc(-c2cc(N)on2)c1. The number of hydrogen-bond acceptors (Lipinski definition) is 4. The van der Waals surface area contributed by atoms with Crippen molar-refractivity contribution in [3.63, 3.8) is 0 Å². The highest BCUT2D eigenvalue weighted by atomic mass is 16.5. The normalized spacial score (nSPS) is 11.7. The van der Waals surface area contributed by atoms with Crippen LogP contribution in [0.15, 0.2) is 34.9 Å². The van der Waals surface area contributed by atoms with Gasteiger partial charge in [-0.3, -0.25) is 0 Å². The lowest BCUT2D eigenvalue weighted by molar-refractivity contribution is 0.0810. The Kier molecular flexibility index (Phi) is 2.90. The third kappa shape index (κ3) is 3.07. The van der Waals surface area contributed by atoms with Crippen molar-refractivity contribution in [2.24, 2.45) is 0 Å². The number of nitrogen functional groups attached to an aromatic ring is 1. The van der Waals surface area contributed by atoms with Crippen LogP contribution in [0.25, 0.3) is 11.3 Å². The molecule has 0 unspecified atom stereocenters. The summed E-state index contributed by atoms with van der Waals surface area (Å²) in [6, 6.07) is 9.51. The molecule has 4 heteroatoms. The molecule has 0 bridgehead atoms. The van der Waals surface area contributed by atoms with Crippen LogP contribution in [0, 0.1) is 0 Å². The van der Waals surface area contributed by atoms with Gasteiger partial charge >= 0.3 is 0 Å². The second-order valence-electron chi connectivity index (χ2n) is 4.80. The van der Waals surface area contributed by atoms with E-state index in [1.807, 2.05) is 24.3 Å². The summed E-state index contributed by atoms with van der Waals surface area (Å²) in [6.07, 6.45) is 0.591. The van der Waals surface area contributed by atoms with E-state index in [9.17, 15) is 5.11 Å². The van der Waals surface area contributed by atoms with Gasteiger partial charge in [-0.25, -0.2) is 0 Å². The van der Waals surface area contributed by atoms with Crippen LogP contribution in [-0.2, 0) is 6.42 Å². The summed E-state index contributed by atoms with van der Waals surface area (Å²) in [4.78, 5) is 0. The van der Waals surface area contributed by atoms with Crippen molar-refractivity contribution < 1.29 is 9.63 Å². The van der Waals surface area contributed by atoms with E-state index in [2.05, 4.69) is 5.16 Å². The maximum Gasteiger partial charge on any atom is 0.222 e. The highest BCUT2D eigenvalue weighted by Crippen LogP contribution is 2.22. The number of anilines is 1. The molecular weight excluding hydrogens is 216 g/mol. The minimum absolute atomic E-state index is 0.299. The van der Waals surface area contributed by atoms with Gasteiger partial charge in [-0.05, 0) is 25.5 Å². The van der Waals surface area contributed by atoms with Gasteiger partial charge in [0, 0.05) is 18.1 Å². The van der Waals surface area contributed by atoms with Crippen molar-refractivity contribution in [1.82, 2.24) is 5.16 Å². The monoisotopic (exact) mass is 232 g/mol. The molecule has 0 aliphatic heterocycles. The molecule has 90 valence electrons. The van der Waals surface area contributed by atoms with Crippen LogP contribution in [0.3, 0.4) is 0 Å². The third-order valence-corrected chi connectivity index (χ3v) is 2.39. The Morgan fingerprint density at radius 2 is 2.12 bits per heavy atom. The molecule has 0 fully saturated rings. The molecule has 0 spiro atoms. The topological polar surface area (TPSA) is 72.3 Å². The van der Waals surface area contributed by atoms with Crippen molar-refractivity contribution in [3.05, 3.63) is 35.9 Å². The van der Waals surface area contributed by atoms with Crippen LogP contribution in [0.1, 0.15) is 19.4 Å². The fourth-order valence-electron chi connectivity index (χ4n) is 1.77. The van der Waals surface area contributed by atoms with E-state index in [1.54, 1.807) is 19.9 Å². The standard InChI is InChI=1S/C13H16N2O2/c1-13(2,16)8-9-4-3-5-10(6-9)11-7-12(14)17-15-11/h3-7,16H,8,14H2,1-2H3. The summed E-state index contributed by atoms with van der Waals surface area (Å²) >= 11 is 0. The van der Waals surface area contributed by atoms with Gasteiger partial charge in [0.05, 0.1) is 5.60 Å². The zero-order valence-electron chi connectivity index (χ0n) is 9.97. The molecule has 1 aromatic heterocycles. The Labute approximate surface area is 100 Å². The smallest absolute Gasteiger partial charge is 0.222 e. The number of nitrogens with zero attached hydrogens (tertiary/aromatic N) is 1. The van der Waals surface area contributed by atoms with Crippen molar-refractivity contribution in [3.8, 4) is 11.3 Å². The van der Waals surface area contributed by atoms with E-state index in [4.69, 9.17) is 10.3 Å². The molecule has 1 aromatic carbocycles. The van der Waals surface area contributed by atoms with Crippen LogP contribution in [0.2, 0.25) is 0 Å². The number of nitrogens with two attached hydrogens (primary N) is 1. The van der Waals surface area contributed by atoms with Crippen molar-refractivity contribution >= 4 is 5.88 Å². The van der Waals surface area contributed by atoms with Crippen LogP contribution in [-0.4, -0.2) is 15.9 Å². The van der Waals surface area contributed by atoms with Gasteiger partial charge in [0.1, 0.15) is 5.69 Å². The second kappa shape index (κ2) is 4.22. The van der Waals surface area contributed by atoms with Gasteiger partial charge in [0.25, 0.3) is 0 Å². The van der Waals surface area contributed by atoms with Gasteiger partial charge in [0.2, 0.25) is 5.88 Å². The molecule has 0 aliphatic carbocycles. The highest BCUT2D eigenvalue weighted by molar-refractivity contribution is 5.61. The molecule has 0 radical (unpaired) electrons. The van der Waals surface area contributed by atoms with Crippen LogP contribution < -0.4 is 5.73 Å². The van der Waals surface area contributed by atoms with Gasteiger partial charge in [-0.1, -0.05) is 23.4 Å². The van der Waals surface area contributed by atoms with Crippen molar-refractivity contribution in [2.75, 3.05) is 5.73 Å². The number of hydrogen-bond donors (Lipinski definition) is 2. The first kappa shape index (κ1) is 11.7. The van der Waals surface area contributed by atoms with E-state index in [1.165, 1.54) is 0 Å². The fourth-order valence-corrected chi connectivity index (χ4v) is 1.77. The number of benzene rings is 1. The molecule has 4 nitrogen and oxygen atoms in total. The maximum absolute atomic E-state index is 9.78. The predicted octanol–water partition coefficient (Wildman–Crippen LogP) is 2.24. The van der Waals surface area contributed by atoms with E-state index < -0.39 is 5.60 Å². The molecule has 1 heterocycles. The minimum atomic E-state index is -0.721. The van der Waals surface area contributed by atoms with E-state index in [0.29, 0.717) is 18.0 Å². The molecule has 0 saturated carbocycles. The molecule has 17 heavy (non-hydrogen) atoms. The maximum atomic E-state index is 9.78. The summed E-state index contributed by atoms with van der Waals surface area (Å²) in [5, 5.41) is 13.6. The first-order chi connectivity index (χ1) is 7.94. The molecular formula is C13H16N2O2. The average molecular weight is 232 g/mol. The lowest BCUT2D eigenvalue weighted by Crippen LogP contribution is -2.21. The van der Waals surface area contributed by atoms with Crippen molar-refractivity contribution in [2.45, 2.75) is 25.9 Å². The molecule has 0 atom stereocenters. The first-order valence-electron chi connectivity index (χ1n) is 5.48. The molecule has 2 aromatic rings. The number of aromatic nitrogens is 1. The van der Waals surface area contributed by atoms with Gasteiger partial charge < -0.3 is 15.4 Å². The Hall–Kier alpha value is -1.81. The quantitative estimate of drug-likeness (QED) is 0.851. The van der Waals surface area contributed by atoms with Crippen molar-refractivity contribution in [1.29, 1.82) is 0 Å². The average Bonchev–Trinajstić information content (AvgIpc) is 2.63. The lowest BCUT2D eigenvalue weighted by Gasteiger charge is -2.17. The molecule has 3 N–H and O–H groups in total. The summed E-state index contributed by atoms with van der Waals surface area (Å²) in [7, 11) is 0. The van der Waals surface area contributed by atoms with E-state index in [0.717, 1.165) is 11.1 Å². The Morgan fingerprint density at radius 3 is 2.71 bits per heavy atom. The summed E-state index contributed by atoms with van der Waals surface area (Å²) in [5.41, 5.74) is 7.46. The Morgan fingerprint density at radius 1 is 1.35 bits per heavy atom. The number of aliphatic hydroxyl groups is 1. The summed E-state index contributed by atoms with van der Waals surface area (Å²) in [5.74, 6) is 0.299. The minimum Gasteiger partial charge on any atom is -0.390 e. The lowest BCUT2D eigenvalue weighted by atomic mass is 9.97. The zero-order chi connectivity index (χ0) is 12.5.